The summed E-state index contributed by atoms with van der Waals surface area (Å²) >= 11 is 4.43. The first-order valence-corrected chi connectivity index (χ1v) is 6.51. The van der Waals surface area contributed by atoms with E-state index in [1.165, 1.54) is 19.4 Å². The minimum atomic E-state index is 0.726. The van der Waals surface area contributed by atoms with Crippen LogP contribution in [0.5, 0.6) is 0 Å². The lowest BCUT2D eigenvalue weighted by atomic mass is 9.96. The molecule has 1 nitrogen and oxygen atoms in total. The summed E-state index contributed by atoms with van der Waals surface area (Å²) in [7, 11) is 2.25. The quantitative estimate of drug-likeness (QED) is 0.640. The van der Waals surface area contributed by atoms with Gasteiger partial charge in [0.25, 0.3) is 0 Å². The third-order valence-corrected chi connectivity index (χ3v) is 3.73. The monoisotopic (exact) mass is 217 g/mol. The molecule has 0 amide bonds. The highest BCUT2D eigenvalue weighted by Gasteiger charge is 2.17. The van der Waals surface area contributed by atoms with Gasteiger partial charge in [0, 0.05) is 12.6 Å². The molecular weight excluding hydrogens is 190 g/mol. The van der Waals surface area contributed by atoms with E-state index in [0.29, 0.717) is 0 Å². The SMILES string of the molecule is CCC(CC)N(C)CC(CS)C(C)C. The molecule has 1 unspecified atom stereocenters. The highest BCUT2D eigenvalue weighted by Crippen LogP contribution is 2.16. The zero-order valence-corrected chi connectivity index (χ0v) is 11.3. The van der Waals surface area contributed by atoms with E-state index in [2.05, 4.69) is 52.3 Å². The Morgan fingerprint density at radius 3 is 1.93 bits per heavy atom. The zero-order valence-electron chi connectivity index (χ0n) is 10.5. The zero-order chi connectivity index (χ0) is 11.1. The Labute approximate surface area is 95.7 Å². The van der Waals surface area contributed by atoms with Crippen LogP contribution in [0.1, 0.15) is 40.5 Å². The van der Waals surface area contributed by atoms with Gasteiger partial charge in [-0.15, -0.1) is 0 Å². The average molecular weight is 217 g/mol. The second-order valence-electron chi connectivity index (χ2n) is 4.60. The first-order chi connectivity index (χ1) is 6.56. The molecule has 0 bridgehead atoms. The van der Waals surface area contributed by atoms with Crippen molar-refractivity contribution in [2.45, 2.75) is 46.6 Å². The molecule has 0 heterocycles. The Balaban J connectivity index is 4.06. The molecule has 0 saturated carbocycles. The molecule has 1 atom stereocenters. The Morgan fingerprint density at radius 2 is 1.64 bits per heavy atom. The lowest BCUT2D eigenvalue weighted by Crippen LogP contribution is -2.36. The van der Waals surface area contributed by atoms with Gasteiger partial charge in [-0.2, -0.15) is 12.6 Å². The van der Waals surface area contributed by atoms with E-state index in [9.17, 15) is 0 Å². The minimum absolute atomic E-state index is 0.726. The minimum Gasteiger partial charge on any atom is -0.303 e. The van der Waals surface area contributed by atoms with Gasteiger partial charge in [-0.25, -0.2) is 0 Å². The topological polar surface area (TPSA) is 3.24 Å². The molecule has 2 heteroatoms. The number of hydrogen-bond donors (Lipinski definition) is 1. The van der Waals surface area contributed by atoms with Gasteiger partial charge in [-0.05, 0) is 37.5 Å². The standard InChI is InChI=1S/C12H27NS/c1-6-12(7-2)13(5)8-11(9-14)10(3)4/h10-12,14H,6-9H2,1-5H3. The number of thiol groups is 1. The second kappa shape index (κ2) is 7.58. The highest BCUT2D eigenvalue weighted by molar-refractivity contribution is 7.80. The fraction of sp³-hybridized carbons (Fsp3) is 1.00. The van der Waals surface area contributed by atoms with Crippen LogP contribution in [0, 0.1) is 11.8 Å². The van der Waals surface area contributed by atoms with Crippen LogP contribution in [-0.4, -0.2) is 30.3 Å². The van der Waals surface area contributed by atoms with Crippen LogP contribution < -0.4 is 0 Å². The lowest BCUT2D eigenvalue weighted by molar-refractivity contribution is 0.184. The van der Waals surface area contributed by atoms with Crippen LogP contribution in [0.15, 0.2) is 0 Å². The number of rotatable bonds is 7. The van der Waals surface area contributed by atoms with Gasteiger partial charge < -0.3 is 4.90 Å². The van der Waals surface area contributed by atoms with Crippen molar-refractivity contribution in [3.05, 3.63) is 0 Å². The maximum atomic E-state index is 4.43. The normalized spacial score (nSPS) is 14.4. The van der Waals surface area contributed by atoms with Crippen LogP contribution in [0.25, 0.3) is 0 Å². The van der Waals surface area contributed by atoms with Crippen molar-refractivity contribution >= 4 is 12.6 Å². The largest absolute Gasteiger partial charge is 0.303 e. The summed E-state index contributed by atoms with van der Waals surface area (Å²) in [5, 5.41) is 0. The molecule has 0 saturated heterocycles. The number of nitrogens with zero attached hydrogens (tertiary/aromatic N) is 1. The predicted octanol–water partition coefficient (Wildman–Crippen LogP) is 3.31. The summed E-state index contributed by atoms with van der Waals surface area (Å²) in [4.78, 5) is 2.50. The van der Waals surface area contributed by atoms with E-state index < -0.39 is 0 Å². The van der Waals surface area contributed by atoms with Gasteiger partial charge in [0.2, 0.25) is 0 Å². The molecule has 0 spiro atoms. The third kappa shape index (κ3) is 4.70. The van der Waals surface area contributed by atoms with E-state index in [-0.39, 0.29) is 0 Å². The molecule has 86 valence electrons. The van der Waals surface area contributed by atoms with Crippen molar-refractivity contribution in [1.29, 1.82) is 0 Å². The van der Waals surface area contributed by atoms with Crippen LogP contribution in [0.2, 0.25) is 0 Å². The Bertz CT molecular complexity index is 132. The van der Waals surface area contributed by atoms with Crippen molar-refractivity contribution in [2.24, 2.45) is 11.8 Å². The van der Waals surface area contributed by atoms with Gasteiger partial charge in [-0.3, -0.25) is 0 Å². The summed E-state index contributed by atoms with van der Waals surface area (Å²) in [5.41, 5.74) is 0. The molecule has 14 heavy (non-hydrogen) atoms. The molecule has 0 N–H and O–H groups in total. The van der Waals surface area contributed by atoms with Gasteiger partial charge >= 0.3 is 0 Å². The van der Waals surface area contributed by atoms with Crippen LogP contribution in [0.3, 0.4) is 0 Å². The van der Waals surface area contributed by atoms with Crippen molar-refractivity contribution in [1.82, 2.24) is 4.90 Å². The average Bonchev–Trinajstić information content (AvgIpc) is 2.15. The predicted molar refractivity (Wildman–Crippen MR) is 69.2 cm³/mol. The van der Waals surface area contributed by atoms with Crippen LogP contribution in [0.4, 0.5) is 0 Å². The third-order valence-electron chi connectivity index (χ3n) is 3.27. The maximum Gasteiger partial charge on any atom is 0.00870 e. The Kier molecular flexibility index (Phi) is 7.75. The maximum absolute atomic E-state index is 4.43. The summed E-state index contributed by atoms with van der Waals surface area (Å²) in [6.45, 7) is 10.3. The molecule has 0 aromatic heterocycles. The summed E-state index contributed by atoms with van der Waals surface area (Å²) < 4.78 is 0. The van der Waals surface area contributed by atoms with Gasteiger partial charge in [0.1, 0.15) is 0 Å². The van der Waals surface area contributed by atoms with Gasteiger partial charge in [0.15, 0.2) is 0 Å². The fourth-order valence-electron chi connectivity index (χ4n) is 1.91. The fourth-order valence-corrected chi connectivity index (χ4v) is 2.45. The molecule has 0 aliphatic heterocycles. The molecule has 0 rings (SSSR count). The summed E-state index contributed by atoms with van der Waals surface area (Å²) in [5.74, 6) is 2.47. The highest BCUT2D eigenvalue weighted by atomic mass is 32.1. The Morgan fingerprint density at radius 1 is 1.14 bits per heavy atom. The molecule has 0 aliphatic rings. The first kappa shape index (κ1) is 14.3. The molecule has 0 aromatic carbocycles. The van der Waals surface area contributed by atoms with Crippen molar-refractivity contribution in [2.75, 3.05) is 19.3 Å². The summed E-state index contributed by atoms with van der Waals surface area (Å²) in [6.07, 6.45) is 2.51. The molecule has 0 aromatic rings. The van der Waals surface area contributed by atoms with Gasteiger partial charge in [0.05, 0.1) is 0 Å². The Hall–Kier alpha value is 0.310. The van der Waals surface area contributed by atoms with E-state index in [1.807, 2.05) is 0 Å². The van der Waals surface area contributed by atoms with E-state index in [0.717, 1.165) is 23.6 Å². The second-order valence-corrected chi connectivity index (χ2v) is 4.96. The first-order valence-electron chi connectivity index (χ1n) is 5.87. The van der Waals surface area contributed by atoms with E-state index >= 15 is 0 Å². The lowest BCUT2D eigenvalue weighted by Gasteiger charge is -2.31. The van der Waals surface area contributed by atoms with Crippen molar-refractivity contribution in [3.8, 4) is 0 Å². The molecule has 0 aliphatic carbocycles. The van der Waals surface area contributed by atoms with Gasteiger partial charge in [-0.1, -0.05) is 27.7 Å². The number of hydrogen-bond acceptors (Lipinski definition) is 2. The van der Waals surface area contributed by atoms with Crippen LogP contribution >= 0.6 is 12.6 Å². The van der Waals surface area contributed by atoms with Crippen molar-refractivity contribution in [3.63, 3.8) is 0 Å². The summed E-state index contributed by atoms with van der Waals surface area (Å²) in [6, 6.07) is 0.746. The van der Waals surface area contributed by atoms with E-state index in [4.69, 9.17) is 0 Å². The molecular formula is C12H27NS. The molecule has 0 radical (unpaired) electrons. The van der Waals surface area contributed by atoms with E-state index in [1.54, 1.807) is 0 Å². The molecule has 0 fully saturated rings. The smallest absolute Gasteiger partial charge is 0.00870 e. The van der Waals surface area contributed by atoms with Crippen molar-refractivity contribution < 1.29 is 0 Å². The van der Waals surface area contributed by atoms with Crippen LogP contribution in [-0.2, 0) is 0 Å².